The van der Waals surface area contributed by atoms with Crippen molar-refractivity contribution in [2.75, 3.05) is 0 Å². The van der Waals surface area contributed by atoms with Gasteiger partial charge in [0, 0.05) is 36.2 Å². The van der Waals surface area contributed by atoms with Crippen LogP contribution >= 0.6 is 0 Å². The number of rotatable bonds is 8. The Hall–Kier alpha value is -3.40. The fourth-order valence-corrected chi connectivity index (χ4v) is 7.72. The van der Waals surface area contributed by atoms with Gasteiger partial charge >= 0.3 is 0 Å². The van der Waals surface area contributed by atoms with Gasteiger partial charge in [-0.05, 0) is 120 Å². The first-order valence-electron chi connectivity index (χ1n) is 16.5. The van der Waals surface area contributed by atoms with Crippen molar-refractivity contribution in [1.29, 1.82) is 0 Å². The average molecular weight is 563 g/mol. The van der Waals surface area contributed by atoms with Crippen molar-refractivity contribution < 1.29 is 0 Å². The van der Waals surface area contributed by atoms with Gasteiger partial charge in [-0.1, -0.05) is 55.4 Å². The molecule has 0 unspecified atom stereocenters. The maximum Gasteiger partial charge on any atom is 0.0693 e. The Morgan fingerprint density at radius 1 is 0.381 bits per heavy atom. The van der Waals surface area contributed by atoms with Gasteiger partial charge in [0.15, 0.2) is 0 Å². The summed E-state index contributed by atoms with van der Waals surface area (Å²) in [6.45, 7) is 18.3. The molecule has 0 N–H and O–H groups in total. The third-order valence-corrected chi connectivity index (χ3v) is 9.78. The van der Waals surface area contributed by atoms with Gasteiger partial charge in [-0.15, -0.1) is 0 Å². The maximum atomic E-state index is 5.39. The lowest BCUT2D eigenvalue weighted by molar-refractivity contribution is 0.995. The van der Waals surface area contributed by atoms with Crippen molar-refractivity contribution >= 4 is 44.4 Å². The van der Waals surface area contributed by atoms with Gasteiger partial charge in [0.2, 0.25) is 0 Å². The summed E-state index contributed by atoms with van der Waals surface area (Å²) >= 11 is 0. The lowest BCUT2D eigenvalue weighted by atomic mass is 9.98. The topological polar surface area (TPSA) is 35.6 Å². The molecule has 0 saturated carbocycles. The molecule has 2 aliphatic rings. The highest BCUT2D eigenvalue weighted by Crippen LogP contribution is 2.39. The number of allylic oxidation sites excluding steroid dienone is 4. The van der Waals surface area contributed by atoms with Gasteiger partial charge in [0.1, 0.15) is 0 Å². The van der Waals surface area contributed by atoms with E-state index < -0.39 is 0 Å². The van der Waals surface area contributed by atoms with Crippen LogP contribution in [0.2, 0.25) is 0 Å². The number of nitrogens with zero attached hydrogens (tertiary/aromatic N) is 4. The summed E-state index contributed by atoms with van der Waals surface area (Å²) in [4.78, 5) is 10.8. The highest BCUT2D eigenvalue weighted by atomic mass is 15.0. The Balaban J connectivity index is 2.10. The van der Waals surface area contributed by atoms with Crippen LogP contribution in [0.3, 0.4) is 0 Å². The molecule has 0 saturated heterocycles. The Bertz CT molecular complexity index is 1520. The maximum absolute atomic E-state index is 5.39. The second-order valence-corrected chi connectivity index (χ2v) is 11.7. The molecule has 5 rings (SSSR count). The summed E-state index contributed by atoms with van der Waals surface area (Å²) in [6.07, 6.45) is 7.91. The number of aryl methyl sites for hydroxylation is 6. The first kappa shape index (κ1) is 30.1. The van der Waals surface area contributed by atoms with Crippen molar-refractivity contribution in [3.05, 3.63) is 69.3 Å². The molecule has 0 radical (unpaired) electrons. The molecule has 0 aliphatic carbocycles. The van der Waals surface area contributed by atoms with Crippen LogP contribution in [0.1, 0.15) is 126 Å². The molecule has 0 aromatic carbocycles. The lowest BCUT2D eigenvalue weighted by Gasteiger charge is -2.05. The Morgan fingerprint density at radius 2 is 0.595 bits per heavy atom. The van der Waals surface area contributed by atoms with Crippen molar-refractivity contribution in [1.82, 2.24) is 19.1 Å². The van der Waals surface area contributed by atoms with E-state index in [1.807, 2.05) is 0 Å². The Kier molecular flexibility index (Phi) is 8.64. The summed E-state index contributed by atoms with van der Waals surface area (Å²) in [5.74, 6) is 0. The molecule has 8 bridgehead atoms. The highest BCUT2D eigenvalue weighted by molar-refractivity contribution is 5.96. The van der Waals surface area contributed by atoms with Gasteiger partial charge in [-0.2, -0.15) is 0 Å². The number of fused-ring (bicyclic) bond motifs is 8. The predicted octanol–water partition coefficient (Wildman–Crippen LogP) is 10.0. The quantitative estimate of drug-likeness (QED) is 0.274. The van der Waals surface area contributed by atoms with Gasteiger partial charge < -0.3 is 9.13 Å². The third-order valence-electron chi connectivity index (χ3n) is 9.78. The lowest BCUT2D eigenvalue weighted by Crippen LogP contribution is -1.90. The second-order valence-electron chi connectivity index (χ2n) is 11.7. The van der Waals surface area contributed by atoms with Crippen LogP contribution < -0.4 is 0 Å². The minimum absolute atomic E-state index is 0.980. The van der Waals surface area contributed by atoms with E-state index in [4.69, 9.17) is 9.97 Å². The predicted molar refractivity (Wildman–Crippen MR) is 183 cm³/mol. The average Bonchev–Trinajstić information content (AvgIpc) is 3.67. The summed E-state index contributed by atoms with van der Waals surface area (Å²) in [5, 5.41) is 0. The van der Waals surface area contributed by atoms with E-state index in [1.165, 1.54) is 66.6 Å². The first-order chi connectivity index (χ1) is 20.3. The molecule has 3 aromatic rings. The summed E-state index contributed by atoms with van der Waals surface area (Å²) in [6, 6.07) is 9.50. The van der Waals surface area contributed by atoms with Crippen LogP contribution in [0, 0.1) is 0 Å². The first-order valence-corrected chi connectivity index (χ1v) is 16.5. The van der Waals surface area contributed by atoms with Crippen molar-refractivity contribution in [3.63, 3.8) is 0 Å². The van der Waals surface area contributed by atoms with Gasteiger partial charge in [0.25, 0.3) is 0 Å². The third kappa shape index (κ3) is 4.58. The SMILES string of the molecule is CCC1=C(CC)c2cc3c(CC)c(CC)c(cc4nc(cc5c(CC)c(CC)c(cc1n2)n5C)C(CC)=C4CC)n3C. The monoisotopic (exact) mass is 562 g/mol. The van der Waals surface area contributed by atoms with Crippen LogP contribution in [0.5, 0.6) is 0 Å². The van der Waals surface area contributed by atoms with Gasteiger partial charge in [-0.25, -0.2) is 9.97 Å². The molecule has 4 heteroatoms. The highest BCUT2D eigenvalue weighted by Gasteiger charge is 2.23. The fraction of sp³-hybridized carbons (Fsp3) is 0.474. The number of hydrogen-bond acceptors (Lipinski definition) is 2. The minimum atomic E-state index is 0.980. The zero-order chi connectivity index (χ0) is 30.3. The summed E-state index contributed by atoms with van der Waals surface area (Å²) < 4.78 is 4.81. The number of aromatic nitrogens is 4. The van der Waals surface area contributed by atoms with Gasteiger partial charge in [-0.3, -0.25) is 0 Å². The molecule has 42 heavy (non-hydrogen) atoms. The zero-order valence-electron chi connectivity index (χ0n) is 27.8. The molecule has 4 nitrogen and oxygen atoms in total. The van der Waals surface area contributed by atoms with E-state index in [-0.39, 0.29) is 0 Å². The number of hydrogen-bond donors (Lipinski definition) is 0. The standard InChI is InChI=1S/C38H50N4/c1-11-23-24(12-2)32-20-36-29(17-7)30(18-8)38(42(36)10)22-34-26(14-4)25(13-3)33(40-34)21-37-28(16-6)27(15-5)35(41(37)9)19-31(23)39-32/h19-22H,11-18H2,1-10H3. The normalized spacial score (nSPS) is 13.6. The van der Waals surface area contributed by atoms with Crippen LogP contribution in [0.15, 0.2) is 24.3 Å². The molecule has 2 aliphatic heterocycles. The summed E-state index contributed by atoms with van der Waals surface area (Å²) in [7, 11) is 4.46. The van der Waals surface area contributed by atoms with Crippen LogP contribution in [0.4, 0.5) is 0 Å². The molecule has 3 aromatic heterocycles. The van der Waals surface area contributed by atoms with Crippen LogP contribution in [0.25, 0.3) is 44.4 Å². The van der Waals surface area contributed by atoms with E-state index in [2.05, 4.69) is 103 Å². The van der Waals surface area contributed by atoms with Crippen molar-refractivity contribution in [2.45, 2.75) is 107 Å². The Morgan fingerprint density at radius 3 is 0.762 bits per heavy atom. The van der Waals surface area contributed by atoms with Crippen LogP contribution in [-0.4, -0.2) is 19.1 Å². The molecule has 5 heterocycles. The molecular formula is C38H50N4. The molecule has 0 atom stereocenters. The smallest absolute Gasteiger partial charge is 0.0693 e. The van der Waals surface area contributed by atoms with E-state index in [1.54, 1.807) is 0 Å². The second kappa shape index (κ2) is 12.1. The molecule has 0 fully saturated rings. The van der Waals surface area contributed by atoms with Gasteiger partial charge in [0.05, 0.1) is 22.8 Å². The summed E-state index contributed by atoms with van der Waals surface area (Å²) in [5.41, 5.74) is 20.9. The zero-order valence-corrected chi connectivity index (χ0v) is 27.8. The van der Waals surface area contributed by atoms with Crippen molar-refractivity contribution in [2.24, 2.45) is 14.1 Å². The van der Waals surface area contributed by atoms with E-state index in [9.17, 15) is 0 Å². The largest absolute Gasteiger partial charge is 0.344 e. The van der Waals surface area contributed by atoms with Crippen molar-refractivity contribution in [3.8, 4) is 0 Å². The Labute approximate surface area is 253 Å². The minimum Gasteiger partial charge on any atom is -0.344 e. The fourth-order valence-electron chi connectivity index (χ4n) is 7.72. The van der Waals surface area contributed by atoms with Crippen LogP contribution in [-0.2, 0) is 39.8 Å². The molecule has 222 valence electrons. The molecule has 0 amide bonds. The molecule has 0 spiro atoms. The van der Waals surface area contributed by atoms with E-state index >= 15 is 0 Å². The van der Waals surface area contributed by atoms with E-state index in [0.717, 1.165) is 74.1 Å². The van der Waals surface area contributed by atoms with E-state index in [0.29, 0.717) is 0 Å². The molecular weight excluding hydrogens is 512 g/mol.